The Morgan fingerprint density at radius 2 is 1.54 bits per heavy atom. The number of hydrogen-bond acceptors (Lipinski definition) is 4. The van der Waals surface area contributed by atoms with Gasteiger partial charge in [-0.25, -0.2) is 4.79 Å². The van der Waals surface area contributed by atoms with Crippen molar-refractivity contribution in [3.63, 3.8) is 0 Å². The Hall–Kier alpha value is -4.39. The van der Waals surface area contributed by atoms with Crippen LogP contribution >= 0.6 is 0 Å². The standard InChI is InChI=1S/C28H26N2O5/c1-18(27(32)33)19-12-14-20(15-13-19)30-26(31)11-6-16-29-28(34)35-17-25-23-9-4-2-7-21(23)22-8-3-5-10-24(22)25/h2-15,18,25H,16-17H2,1H3,(H,29,34)(H,30,31)(H,32,33)/b11-6+. The lowest BCUT2D eigenvalue weighted by atomic mass is 9.98. The van der Waals surface area contributed by atoms with E-state index in [1.165, 1.54) is 12.2 Å². The van der Waals surface area contributed by atoms with E-state index in [9.17, 15) is 14.4 Å². The van der Waals surface area contributed by atoms with Crippen LogP contribution in [0.15, 0.2) is 84.9 Å². The Morgan fingerprint density at radius 1 is 0.943 bits per heavy atom. The van der Waals surface area contributed by atoms with Crippen LogP contribution in [-0.2, 0) is 14.3 Å². The molecule has 3 N–H and O–H groups in total. The van der Waals surface area contributed by atoms with Crippen LogP contribution in [0.1, 0.15) is 35.4 Å². The number of nitrogens with one attached hydrogen (secondary N) is 2. The number of anilines is 1. The number of benzene rings is 3. The zero-order valence-electron chi connectivity index (χ0n) is 19.2. The molecule has 7 nitrogen and oxygen atoms in total. The first-order valence-corrected chi connectivity index (χ1v) is 11.3. The fourth-order valence-electron chi connectivity index (χ4n) is 4.14. The van der Waals surface area contributed by atoms with Crippen LogP contribution in [0.2, 0.25) is 0 Å². The van der Waals surface area contributed by atoms with Gasteiger partial charge in [-0.15, -0.1) is 0 Å². The molecule has 7 heteroatoms. The molecule has 0 aliphatic heterocycles. The zero-order chi connectivity index (χ0) is 24.8. The summed E-state index contributed by atoms with van der Waals surface area (Å²) in [7, 11) is 0. The third-order valence-corrected chi connectivity index (χ3v) is 6.03. The molecular weight excluding hydrogens is 444 g/mol. The van der Waals surface area contributed by atoms with Crippen LogP contribution in [0, 0.1) is 0 Å². The van der Waals surface area contributed by atoms with E-state index in [-0.39, 0.29) is 25.0 Å². The second-order valence-electron chi connectivity index (χ2n) is 8.28. The predicted molar refractivity (Wildman–Crippen MR) is 133 cm³/mol. The normalized spacial score (nSPS) is 13.1. The SMILES string of the molecule is CC(C(=O)O)c1ccc(NC(=O)/C=C/CNC(=O)OCC2c3ccccc3-c3ccccc32)cc1. The maximum Gasteiger partial charge on any atom is 0.407 e. The molecule has 2 amide bonds. The van der Waals surface area contributed by atoms with Gasteiger partial charge in [0.15, 0.2) is 0 Å². The number of hydrogen-bond donors (Lipinski definition) is 3. The second kappa shape index (κ2) is 10.7. The maximum atomic E-state index is 12.2. The van der Waals surface area contributed by atoms with Gasteiger partial charge in [-0.3, -0.25) is 9.59 Å². The van der Waals surface area contributed by atoms with Crippen LogP contribution in [-0.4, -0.2) is 36.2 Å². The molecule has 3 aromatic carbocycles. The molecule has 0 spiro atoms. The molecule has 178 valence electrons. The van der Waals surface area contributed by atoms with Gasteiger partial charge in [-0.2, -0.15) is 0 Å². The lowest BCUT2D eigenvalue weighted by molar-refractivity contribution is -0.138. The third-order valence-electron chi connectivity index (χ3n) is 6.03. The first-order valence-electron chi connectivity index (χ1n) is 11.3. The summed E-state index contributed by atoms with van der Waals surface area (Å²) in [5, 5.41) is 14.4. The van der Waals surface area contributed by atoms with Crippen LogP contribution in [0.25, 0.3) is 11.1 Å². The van der Waals surface area contributed by atoms with Gasteiger partial charge in [-0.05, 0) is 46.9 Å². The number of amides is 2. The maximum absolute atomic E-state index is 12.2. The number of rotatable bonds is 8. The quantitative estimate of drug-likeness (QED) is 0.406. The van der Waals surface area contributed by atoms with E-state index in [4.69, 9.17) is 9.84 Å². The first-order chi connectivity index (χ1) is 16.9. The Bertz CT molecular complexity index is 1220. The number of carbonyl (C=O) groups excluding carboxylic acids is 2. The molecule has 0 bridgehead atoms. The fourth-order valence-corrected chi connectivity index (χ4v) is 4.14. The molecule has 1 aliphatic rings. The molecule has 0 fully saturated rings. The number of carbonyl (C=O) groups is 3. The van der Waals surface area contributed by atoms with E-state index in [0.717, 1.165) is 22.3 Å². The largest absolute Gasteiger partial charge is 0.481 e. The summed E-state index contributed by atoms with van der Waals surface area (Å²) >= 11 is 0. The highest BCUT2D eigenvalue weighted by Gasteiger charge is 2.28. The second-order valence-corrected chi connectivity index (χ2v) is 8.28. The molecule has 1 atom stereocenters. The third kappa shape index (κ3) is 5.58. The van der Waals surface area contributed by atoms with E-state index < -0.39 is 18.0 Å². The van der Waals surface area contributed by atoms with Crippen LogP contribution in [0.3, 0.4) is 0 Å². The minimum absolute atomic E-state index is 0.0145. The molecule has 0 heterocycles. The van der Waals surface area contributed by atoms with E-state index in [1.807, 2.05) is 24.3 Å². The van der Waals surface area contributed by atoms with Gasteiger partial charge >= 0.3 is 12.1 Å². The molecule has 3 aromatic rings. The van der Waals surface area contributed by atoms with Gasteiger partial charge < -0.3 is 20.5 Å². The van der Waals surface area contributed by atoms with Gasteiger partial charge in [0.2, 0.25) is 5.91 Å². The van der Waals surface area contributed by atoms with Crippen LogP contribution in [0.4, 0.5) is 10.5 Å². The summed E-state index contributed by atoms with van der Waals surface area (Å²) in [6, 6.07) is 22.9. The van der Waals surface area contributed by atoms with E-state index >= 15 is 0 Å². The van der Waals surface area contributed by atoms with Gasteiger partial charge in [0.25, 0.3) is 0 Å². The molecule has 4 rings (SSSR count). The van der Waals surface area contributed by atoms with Crippen molar-refractivity contribution in [2.75, 3.05) is 18.5 Å². The van der Waals surface area contributed by atoms with Crippen molar-refractivity contribution >= 4 is 23.7 Å². The van der Waals surface area contributed by atoms with Gasteiger partial charge in [0.05, 0.1) is 5.92 Å². The predicted octanol–water partition coefficient (Wildman–Crippen LogP) is 4.91. The minimum atomic E-state index is -0.909. The van der Waals surface area contributed by atoms with Gasteiger partial charge in [0.1, 0.15) is 6.61 Å². The van der Waals surface area contributed by atoms with Crippen molar-refractivity contribution in [3.05, 3.63) is 102 Å². The summed E-state index contributed by atoms with van der Waals surface area (Å²) in [5.74, 6) is -1.91. The highest BCUT2D eigenvalue weighted by Crippen LogP contribution is 2.44. The molecule has 0 radical (unpaired) electrons. The summed E-state index contributed by atoms with van der Waals surface area (Å²) in [4.78, 5) is 35.3. The number of aliphatic carboxylic acids is 1. The average molecular weight is 471 g/mol. The molecular formula is C28H26N2O5. The first kappa shape index (κ1) is 23.8. The van der Waals surface area contributed by atoms with E-state index in [0.29, 0.717) is 11.3 Å². The highest BCUT2D eigenvalue weighted by molar-refractivity contribution is 5.99. The molecule has 1 aliphatic carbocycles. The molecule has 35 heavy (non-hydrogen) atoms. The van der Waals surface area contributed by atoms with Crippen LogP contribution < -0.4 is 10.6 Å². The summed E-state index contributed by atoms with van der Waals surface area (Å²) in [6.45, 7) is 1.96. The Morgan fingerprint density at radius 3 is 2.14 bits per heavy atom. The average Bonchev–Trinajstić information content (AvgIpc) is 3.19. The topological polar surface area (TPSA) is 105 Å². The smallest absolute Gasteiger partial charge is 0.407 e. The zero-order valence-corrected chi connectivity index (χ0v) is 19.2. The lowest BCUT2D eigenvalue weighted by Crippen LogP contribution is -2.26. The molecule has 0 saturated carbocycles. The van der Waals surface area contributed by atoms with E-state index in [2.05, 4.69) is 34.9 Å². The number of carboxylic acid groups (broad SMARTS) is 1. The monoisotopic (exact) mass is 470 g/mol. The molecule has 0 saturated heterocycles. The lowest BCUT2D eigenvalue weighted by Gasteiger charge is -2.14. The van der Waals surface area contributed by atoms with Crippen molar-refractivity contribution in [1.29, 1.82) is 0 Å². The van der Waals surface area contributed by atoms with Crippen LogP contribution in [0.5, 0.6) is 0 Å². The summed E-state index contributed by atoms with van der Waals surface area (Å²) < 4.78 is 5.46. The summed E-state index contributed by atoms with van der Waals surface area (Å²) in [6.07, 6.45) is 2.29. The number of fused-ring (bicyclic) bond motifs is 3. The van der Waals surface area contributed by atoms with Crippen molar-refractivity contribution < 1.29 is 24.2 Å². The Labute approximate surface area is 203 Å². The number of ether oxygens (including phenoxy) is 1. The van der Waals surface area contributed by atoms with Crippen molar-refractivity contribution in [2.24, 2.45) is 0 Å². The van der Waals surface area contributed by atoms with Crippen molar-refractivity contribution in [1.82, 2.24) is 5.32 Å². The fraction of sp³-hybridized carbons (Fsp3) is 0.179. The number of carboxylic acids is 1. The van der Waals surface area contributed by atoms with Crippen molar-refractivity contribution in [2.45, 2.75) is 18.8 Å². The Balaban J connectivity index is 1.23. The summed E-state index contributed by atoms with van der Waals surface area (Å²) in [5.41, 5.74) is 5.81. The molecule has 0 aromatic heterocycles. The molecule has 1 unspecified atom stereocenters. The Kier molecular flexibility index (Phi) is 7.26. The van der Waals surface area contributed by atoms with Crippen molar-refractivity contribution in [3.8, 4) is 11.1 Å². The van der Waals surface area contributed by atoms with Gasteiger partial charge in [0, 0.05) is 24.2 Å². The highest BCUT2D eigenvalue weighted by atomic mass is 16.5. The minimum Gasteiger partial charge on any atom is -0.481 e. The number of alkyl carbamates (subject to hydrolysis) is 1. The van der Waals surface area contributed by atoms with E-state index in [1.54, 1.807) is 31.2 Å². The van der Waals surface area contributed by atoms with Gasteiger partial charge in [-0.1, -0.05) is 66.7 Å².